The lowest BCUT2D eigenvalue weighted by molar-refractivity contribution is -0.384. The maximum absolute atomic E-state index is 15.2. The highest BCUT2D eigenvalue weighted by Gasteiger charge is 2.28. The number of nitrogens with one attached hydrogen (secondary N) is 1. The third kappa shape index (κ3) is 4.43. The van der Waals surface area contributed by atoms with E-state index in [-0.39, 0.29) is 22.7 Å². The average Bonchev–Trinajstić information content (AvgIpc) is 3.66. The fourth-order valence-corrected chi connectivity index (χ4v) is 5.72. The summed E-state index contributed by atoms with van der Waals surface area (Å²) in [7, 11) is 0. The Labute approximate surface area is 218 Å². The number of carbonyl (C=O) groups is 1. The van der Waals surface area contributed by atoms with Crippen LogP contribution in [0.3, 0.4) is 0 Å². The zero-order valence-corrected chi connectivity index (χ0v) is 20.9. The largest absolute Gasteiger partial charge is 0.477 e. The van der Waals surface area contributed by atoms with Crippen LogP contribution in [0.4, 0.5) is 20.9 Å². The number of aromatic nitrogens is 2. The fraction of sp³-hybridized carbons (Fsp3) is 0.320. The summed E-state index contributed by atoms with van der Waals surface area (Å²) >= 11 is 1.35. The van der Waals surface area contributed by atoms with Crippen molar-refractivity contribution in [3.8, 4) is 0 Å². The number of nitro benzene ring substituents is 1. The summed E-state index contributed by atoms with van der Waals surface area (Å²) in [5, 5.41) is 24.5. The Balaban J connectivity index is 1.16. The summed E-state index contributed by atoms with van der Waals surface area (Å²) in [4.78, 5) is 43.5. The number of rotatable bonds is 7. The van der Waals surface area contributed by atoms with Crippen LogP contribution in [0.1, 0.15) is 29.2 Å². The van der Waals surface area contributed by atoms with Crippen molar-refractivity contribution in [1.82, 2.24) is 14.5 Å². The van der Waals surface area contributed by atoms with Crippen LogP contribution < -0.4 is 15.6 Å². The van der Waals surface area contributed by atoms with Crippen LogP contribution in [0.25, 0.3) is 21.1 Å². The Morgan fingerprint density at radius 3 is 2.66 bits per heavy atom. The van der Waals surface area contributed by atoms with E-state index < -0.39 is 22.1 Å². The maximum atomic E-state index is 15.2. The van der Waals surface area contributed by atoms with E-state index in [0.717, 1.165) is 17.5 Å². The Bertz CT molecular complexity index is 1660. The summed E-state index contributed by atoms with van der Waals surface area (Å²) in [5.74, 6) is -1.86. The van der Waals surface area contributed by atoms with Crippen LogP contribution >= 0.6 is 11.3 Å². The number of pyridine rings is 1. The molecule has 0 radical (unpaired) electrons. The molecule has 4 aromatic rings. The molecule has 0 atom stereocenters. The first-order valence-corrected chi connectivity index (χ1v) is 13.0. The standard InChI is InChI=1S/C25H23FN6O5S/c26-18-10-16-20(31(14-1-2-14)12-17(23(16)33)24(34)35)11-21(18)30-7-5-29(6-8-30)13-27-25-28-19-4-3-15(32(36)37)9-22(19)38-25/h3-4,9-12,14H,1-2,5-8,13H2,(H,27,28)(H,34,35). The third-order valence-corrected chi connectivity index (χ3v) is 8.00. The number of benzene rings is 2. The monoisotopic (exact) mass is 538 g/mol. The van der Waals surface area contributed by atoms with E-state index >= 15 is 4.39 Å². The number of nitro groups is 1. The number of aromatic carboxylic acids is 1. The minimum absolute atomic E-state index is 0.0289. The number of thiazole rings is 1. The maximum Gasteiger partial charge on any atom is 0.341 e. The lowest BCUT2D eigenvalue weighted by atomic mass is 10.1. The number of halogens is 1. The van der Waals surface area contributed by atoms with Crippen molar-refractivity contribution in [2.24, 2.45) is 0 Å². The number of fused-ring (bicyclic) bond motifs is 2. The molecule has 13 heteroatoms. The van der Waals surface area contributed by atoms with Crippen molar-refractivity contribution in [3.63, 3.8) is 0 Å². The Morgan fingerprint density at radius 2 is 1.97 bits per heavy atom. The molecule has 0 amide bonds. The van der Waals surface area contributed by atoms with Gasteiger partial charge in [0.15, 0.2) is 5.13 Å². The first-order valence-electron chi connectivity index (χ1n) is 12.2. The van der Waals surface area contributed by atoms with Gasteiger partial charge in [0.1, 0.15) is 11.4 Å². The number of hydrogen-bond donors (Lipinski definition) is 2. The molecule has 2 fully saturated rings. The molecule has 1 saturated heterocycles. The van der Waals surface area contributed by atoms with Gasteiger partial charge < -0.3 is 19.9 Å². The van der Waals surface area contributed by atoms with Gasteiger partial charge in [0.05, 0.1) is 33.0 Å². The number of anilines is 2. The summed E-state index contributed by atoms with van der Waals surface area (Å²) in [6.07, 6.45) is 3.16. The van der Waals surface area contributed by atoms with Crippen molar-refractivity contribution >= 4 is 54.9 Å². The summed E-state index contributed by atoms with van der Waals surface area (Å²) in [5.41, 5.74) is 0.661. The number of hydrogen-bond acceptors (Lipinski definition) is 9. The fourth-order valence-electron chi connectivity index (χ4n) is 4.84. The molecule has 1 aliphatic carbocycles. The van der Waals surface area contributed by atoms with E-state index in [4.69, 9.17) is 0 Å². The van der Waals surface area contributed by atoms with Crippen LogP contribution in [-0.4, -0.2) is 63.3 Å². The van der Waals surface area contributed by atoms with Gasteiger partial charge in [-0.1, -0.05) is 11.3 Å². The molecule has 1 aliphatic heterocycles. The van der Waals surface area contributed by atoms with Gasteiger partial charge in [-0.05, 0) is 31.0 Å². The predicted molar refractivity (Wildman–Crippen MR) is 142 cm³/mol. The highest BCUT2D eigenvalue weighted by molar-refractivity contribution is 7.22. The molecule has 11 nitrogen and oxygen atoms in total. The molecular formula is C25H23FN6O5S. The zero-order chi connectivity index (χ0) is 26.6. The first kappa shape index (κ1) is 24.2. The number of carboxylic acids is 1. The number of non-ortho nitro benzene ring substituents is 1. The minimum atomic E-state index is -1.31. The molecule has 0 bridgehead atoms. The topological polar surface area (TPSA) is 134 Å². The molecule has 3 heterocycles. The Hall–Kier alpha value is -4.10. The van der Waals surface area contributed by atoms with Gasteiger partial charge in [-0.25, -0.2) is 14.2 Å². The molecule has 2 aromatic carbocycles. The predicted octanol–water partition coefficient (Wildman–Crippen LogP) is 3.88. The molecule has 2 aliphatic rings. The number of carboxylic acid groups (broad SMARTS) is 1. The van der Waals surface area contributed by atoms with E-state index in [1.54, 1.807) is 16.7 Å². The van der Waals surface area contributed by atoms with Gasteiger partial charge in [0.2, 0.25) is 5.43 Å². The van der Waals surface area contributed by atoms with Crippen molar-refractivity contribution in [2.45, 2.75) is 18.9 Å². The molecule has 0 spiro atoms. The summed E-state index contributed by atoms with van der Waals surface area (Å²) in [6.45, 7) is 2.98. The minimum Gasteiger partial charge on any atom is -0.477 e. The molecular weight excluding hydrogens is 515 g/mol. The number of nitrogens with zero attached hydrogens (tertiary/aromatic N) is 5. The van der Waals surface area contributed by atoms with Gasteiger partial charge in [-0.3, -0.25) is 19.8 Å². The van der Waals surface area contributed by atoms with Gasteiger partial charge >= 0.3 is 5.97 Å². The summed E-state index contributed by atoms with van der Waals surface area (Å²) in [6, 6.07) is 7.54. The highest BCUT2D eigenvalue weighted by Crippen LogP contribution is 2.38. The van der Waals surface area contributed by atoms with Gasteiger partial charge in [0.25, 0.3) is 5.69 Å². The first-order chi connectivity index (χ1) is 18.3. The third-order valence-electron chi connectivity index (χ3n) is 7.02. The van der Waals surface area contributed by atoms with Gasteiger partial charge in [-0.2, -0.15) is 0 Å². The van der Waals surface area contributed by atoms with Gasteiger partial charge in [0, 0.05) is 55.9 Å². The zero-order valence-electron chi connectivity index (χ0n) is 20.1. The quantitative estimate of drug-likeness (QED) is 0.266. The van der Waals surface area contributed by atoms with E-state index in [1.165, 1.54) is 35.7 Å². The van der Waals surface area contributed by atoms with Crippen LogP contribution in [0, 0.1) is 15.9 Å². The van der Waals surface area contributed by atoms with Crippen molar-refractivity contribution in [3.05, 3.63) is 68.2 Å². The smallest absolute Gasteiger partial charge is 0.341 e. The van der Waals surface area contributed by atoms with Crippen molar-refractivity contribution in [1.29, 1.82) is 0 Å². The van der Waals surface area contributed by atoms with Crippen LogP contribution in [0.5, 0.6) is 0 Å². The van der Waals surface area contributed by atoms with Crippen molar-refractivity contribution in [2.75, 3.05) is 43.1 Å². The molecule has 38 heavy (non-hydrogen) atoms. The van der Waals surface area contributed by atoms with Crippen molar-refractivity contribution < 1.29 is 19.2 Å². The molecule has 1 saturated carbocycles. The highest BCUT2D eigenvalue weighted by atomic mass is 32.1. The van der Waals surface area contributed by atoms with Crippen LogP contribution in [0.2, 0.25) is 0 Å². The van der Waals surface area contributed by atoms with Crippen LogP contribution in [-0.2, 0) is 0 Å². The SMILES string of the molecule is O=C(O)c1cn(C2CC2)c2cc(N3CCN(CNc4nc5ccc([N+](=O)[O-])cc5s4)CC3)c(F)cc2c1=O. The van der Waals surface area contributed by atoms with E-state index in [2.05, 4.69) is 15.2 Å². The normalized spacial score (nSPS) is 16.3. The molecule has 196 valence electrons. The van der Waals surface area contributed by atoms with Gasteiger partial charge in [-0.15, -0.1) is 0 Å². The summed E-state index contributed by atoms with van der Waals surface area (Å²) < 4.78 is 17.7. The lowest BCUT2D eigenvalue weighted by Crippen LogP contribution is -2.48. The molecule has 2 N–H and O–H groups in total. The number of piperazine rings is 1. The Kier molecular flexibility index (Phi) is 5.95. The van der Waals surface area contributed by atoms with E-state index in [9.17, 15) is 24.8 Å². The molecule has 0 unspecified atom stereocenters. The second-order valence-electron chi connectivity index (χ2n) is 9.50. The van der Waals surface area contributed by atoms with E-state index in [1.807, 2.05) is 4.90 Å². The van der Waals surface area contributed by atoms with E-state index in [0.29, 0.717) is 54.7 Å². The van der Waals surface area contributed by atoms with Crippen LogP contribution in [0.15, 0.2) is 41.3 Å². The second kappa shape index (κ2) is 9.33. The Morgan fingerprint density at radius 1 is 1.21 bits per heavy atom. The lowest BCUT2D eigenvalue weighted by Gasteiger charge is -2.36. The molecule has 6 rings (SSSR count). The molecule has 2 aromatic heterocycles. The average molecular weight is 539 g/mol. The second-order valence-corrected chi connectivity index (χ2v) is 10.5.